The molecule has 23 heavy (non-hydrogen) atoms. The van der Waals surface area contributed by atoms with Crippen LogP contribution in [0.1, 0.15) is 5.56 Å². The lowest BCUT2D eigenvalue weighted by molar-refractivity contribution is 0.379. The zero-order valence-electron chi connectivity index (χ0n) is 13.0. The predicted molar refractivity (Wildman–Crippen MR) is 88.2 cm³/mol. The van der Waals surface area contributed by atoms with Crippen molar-refractivity contribution in [3.05, 3.63) is 35.1 Å². The summed E-state index contributed by atoms with van der Waals surface area (Å²) in [4.78, 5) is 6.33. The molecule has 0 amide bonds. The van der Waals surface area contributed by atoms with Gasteiger partial charge in [-0.1, -0.05) is 11.6 Å². The molecular formula is C14H18ClN5O2S. The van der Waals surface area contributed by atoms with Gasteiger partial charge in [-0.05, 0) is 19.1 Å². The van der Waals surface area contributed by atoms with Gasteiger partial charge in [-0.3, -0.25) is 4.68 Å². The standard InChI is InChI=1S/C14H18ClN5O2S/c1-11-9-17-18(2)14(11)23(21,22)20-7-5-19(6-8-20)13-4-3-12(15)10-16-13/h3-4,9-10H,5-8H2,1-2H3. The number of pyridine rings is 1. The van der Waals surface area contributed by atoms with Crippen LogP contribution in [0, 0.1) is 6.92 Å². The lowest BCUT2D eigenvalue weighted by atomic mass is 10.3. The Hall–Kier alpha value is -1.64. The molecule has 0 aliphatic carbocycles. The van der Waals surface area contributed by atoms with Gasteiger partial charge in [0.1, 0.15) is 5.82 Å². The van der Waals surface area contributed by atoms with Crippen molar-refractivity contribution in [2.24, 2.45) is 7.05 Å². The van der Waals surface area contributed by atoms with Gasteiger partial charge >= 0.3 is 0 Å². The molecule has 0 unspecified atom stereocenters. The molecule has 9 heteroatoms. The highest BCUT2D eigenvalue weighted by molar-refractivity contribution is 7.89. The summed E-state index contributed by atoms with van der Waals surface area (Å²) >= 11 is 5.84. The molecule has 1 aliphatic heterocycles. The molecule has 2 aromatic heterocycles. The van der Waals surface area contributed by atoms with E-state index in [0.29, 0.717) is 36.8 Å². The van der Waals surface area contributed by atoms with E-state index in [2.05, 4.69) is 15.0 Å². The number of sulfonamides is 1. The van der Waals surface area contributed by atoms with Crippen LogP contribution in [0.4, 0.5) is 5.82 Å². The highest BCUT2D eigenvalue weighted by Gasteiger charge is 2.32. The van der Waals surface area contributed by atoms with Crippen LogP contribution >= 0.6 is 11.6 Å². The first-order valence-electron chi connectivity index (χ1n) is 7.25. The lowest BCUT2D eigenvalue weighted by Gasteiger charge is -2.34. The molecule has 3 heterocycles. The van der Waals surface area contributed by atoms with Crippen molar-refractivity contribution < 1.29 is 8.42 Å². The second kappa shape index (κ2) is 6.10. The minimum atomic E-state index is -3.53. The van der Waals surface area contributed by atoms with E-state index in [4.69, 9.17) is 11.6 Å². The molecule has 1 saturated heterocycles. The van der Waals surface area contributed by atoms with Crippen LogP contribution in [0.15, 0.2) is 29.6 Å². The number of rotatable bonds is 3. The third-order valence-electron chi connectivity index (χ3n) is 3.91. The zero-order chi connectivity index (χ0) is 16.6. The van der Waals surface area contributed by atoms with Gasteiger partial charge in [-0.15, -0.1) is 0 Å². The molecule has 2 aromatic rings. The molecule has 0 spiro atoms. The largest absolute Gasteiger partial charge is 0.354 e. The van der Waals surface area contributed by atoms with Crippen LogP contribution in [-0.4, -0.2) is 53.7 Å². The van der Waals surface area contributed by atoms with E-state index in [1.54, 1.807) is 32.4 Å². The second-order valence-electron chi connectivity index (χ2n) is 5.48. The molecule has 7 nitrogen and oxygen atoms in total. The van der Waals surface area contributed by atoms with Crippen molar-refractivity contribution in [1.29, 1.82) is 0 Å². The van der Waals surface area contributed by atoms with Crippen molar-refractivity contribution >= 4 is 27.4 Å². The van der Waals surface area contributed by atoms with Crippen molar-refractivity contribution in [3.63, 3.8) is 0 Å². The first kappa shape index (κ1) is 16.2. The Kier molecular flexibility index (Phi) is 4.31. The minimum absolute atomic E-state index is 0.260. The summed E-state index contributed by atoms with van der Waals surface area (Å²) in [6.07, 6.45) is 3.17. The third-order valence-corrected chi connectivity index (χ3v) is 6.26. The summed E-state index contributed by atoms with van der Waals surface area (Å²) in [5, 5.41) is 4.87. The average Bonchev–Trinajstić information content (AvgIpc) is 2.88. The quantitative estimate of drug-likeness (QED) is 0.829. The van der Waals surface area contributed by atoms with Crippen LogP contribution in [0.3, 0.4) is 0 Å². The van der Waals surface area contributed by atoms with Gasteiger partial charge in [-0.25, -0.2) is 13.4 Å². The number of halogens is 1. The zero-order valence-corrected chi connectivity index (χ0v) is 14.5. The predicted octanol–water partition coefficient (Wildman–Crippen LogP) is 1.29. The topological polar surface area (TPSA) is 71.3 Å². The SMILES string of the molecule is Cc1cnn(C)c1S(=O)(=O)N1CCN(c2ccc(Cl)cn2)CC1. The Morgan fingerprint density at radius 3 is 2.35 bits per heavy atom. The fraction of sp³-hybridized carbons (Fsp3) is 0.429. The average molecular weight is 356 g/mol. The van der Waals surface area contributed by atoms with E-state index < -0.39 is 10.0 Å². The maximum atomic E-state index is 12.8. The number of nitrogens with zero attached hydrogens (tertiary/aromatic N) is 5. The van der Waals surface area contributed by atoms with E-state index in [-0.39, 0.29) is 5.03 Å². The van der Waals surface area contributed by atoms with Gasteiger partial charge in [0.15, 0.2) is 5.03 Å². The van der Waals surface area contributed by atoms with Crippen molar-refractivity contribution in [2.45, 2.75) is 11.9 Å². The Labute approximate surface area is 140 Å². The maximum absolute atomic E-state index is 12.8. The van der Waals surface area contributed by atoms with Gasteiger partial charge in [0, 0.05) is 45.0 Å². The second-order valence-corrected chi connectivity index (χ2v) is 7.77. The molecule has 0 bridgehead atoms. The number of aromatic nitrogens is 3. The highest BCUT2D eigenvalue weighted by atomic mass is 35.5. The Morgan fingerprint density at radius 2 is 1.83 bits per heavy atom. The van der Waals surface area contributed by atoms with E-state index >= 15 is 0 Å². The number of hydrogen-bond acceptors (Lipinski definition) is 5. The summed E-state index contributed by atoms with van der Waals surface area (Å²) in [7, 11) is -1.88. The molecule has 0 aromatic carbocycles. The Balaban J connectivity index is 1.75. The van der Waals surface area contributed by atoms with Crippen LogP contribution in [-0.2, 0) is 17.1 Å². The monoisotopic (exact) mass is 355 g/mol. The summed E-state index contributed by atoms with van der Waals surface area (Å²) < 4.78 is 28.5. The summed E-state index contributed by atoms with van der Waals surface area (Å²) in [6, 6.07) is 3.63. The normalized spacial score (nSPS) is 16.7. The molecule has 0 saturated carbocycles. The number of anilines is 1. The Bertz CT molecular complexity index is 776. The molecular weight excluding hydrogens is 338 g/mol. The molecule has 1 fully saturated rings. The third kappa shape index (κ3) is 3.06. The summed E-state index contributed by atoms with van der Waals surface area (Å²) in [5.74, 6) is 0.808. The molecule has 124 valence electrons. The number of aryl methyl sites for hydroxylation is 2. The Morgan fingerprint density at radius 1 is 1.13 bits per heavy atom. The number of piperazine rings is 1. The van der Waals surface area contributed by atoms with Crippen LogP contribution < -0.4 is 4.90 Å². The first-order valence-corrected chi connectivity index (χ1v) is 9.06. The minimum Gasteiger partial charge on any atom is -0.354 e. The fourth-order valence-corrected chi connectivity index (χ4v) is 4.58. The molecule has 3 rings (SSSR count). The van der Waals surface area contributed by atoms with E-state index in [1.165, 1.54) is 8.99 Å². The van der Waals surface area contributed by atoms with Crippen LogP contribution in [0.5, 0.6) is 0 Å². The smallest absolute Gasteiger partial charge is 0.260 e. The van der Waals surface area contributed by atoms with Crippen molar-refractivity contribution in [1.82, 2.24) is 19.1 Å². The molecule has 0 atom stereocenters. The van der Waals surface area contributed by atoms with Crippen molar-refractivity contribution in [2.75, 3.05) is 31.1 Å². The molecule has 0 radical (unpaired) electrons. The van der Waals surface area contributed by atoms with Gasteiger partial charge < -0.3 is 4.90 Å². The van der Waals surface area contributed by atoms with E-state index in [1.807, 2.05) is 6.07 Å². The lowest BCUT2D eigenvalue weighted by Crippen LogP contribution is -2.49. The van der Waals surface area contributed by atoms with E-state index in [9.17, 15) is 8.42 Å². The molecule has 0 N–H and O–H groups in total. The molecule has 1 aliphatic rings. The summed E-state index contributed by atoms with van der Waals surface area (Å²) in [6.45, 7) is 3.76. The fourth-order valence-electron chi connectivity index (χ4n) is 2.74. The first-order chi connectivity index (χ1) is 10.9. The van der Waals surface area contributed by atoms with Gasteiger partial charge in [0.25, 0.3) is 10.0 Å². The van der Waals surface area contributed by atoms with Gasteiger partial charge in [0.05, 0.1) is 11.2 Å². The van der Waals surface area contributed by atoms with Crippen LogP contribution in [0.2, 0.25) is 5.02 Å². The van der Waals surface area contributed by atoms with Crippen molar-refractivity contribution in [3.8, 4) is 0 Å². The van der Waals surface area contributed by atoms with Crippen LogP contribution in [0.25, 0.3) is 0 Å². The van der Waals surface area contributed by atoms with Gasteiger partial charge in [-0.2, -0.15) is 9.40 Å². The summed E-state index contributed by atoms with van der Waals surface area (Å²) in [5.41, 5.74) is 0.661. The number of hydrogen-bond donors (Lipinski definition) is 0. The highest BCUT2D eigenvalue weighted by Crippen LogP contribution is 2.22. The van der Waals surface area contributed by atoms with Gasteiger partial charge in [0.2, 0.25) is 0 Å². The van der Waals surface area contributed by atoms with E-state index in [0.717, 1.165) is 5.82 Å². The maximum Gasteiger partial charge on any atom is 0.260 e.